The van der Waals surface area contributed by atoms with Crippen molar-refractivity contribution in [1.29, 1.82) is 0 Å². The van der Waals surface area contributed by atoms with Crippen molar-refractivity contribution < 1.29 is 22.7 Å². The second kappa shape index (κ2) is 4.09. The van der Waals surface area contributed by atoms with Crippen LogP contribution in [0.2, 0.25) is 0 Å². The molecule has 0 aliphatic carbocycles. The third-order valence-electron chi connectivity index (χ3n) is 2.66. The molecule has 0 aromatic carbocycles. The van der Waals surface area contributed by atoms with Gasteiger partial charge in [-0.3, -0.25) is 0 Å². The van der Waals surface area contributed by atoms with Gasteiger partial charge in [0, 0.05) is 20.2 Å². The van der Waals surface area contributed by atoms with E-state index in [2.05, 4.69) is 0 Å². The Morgan fingerprint density at radius 3 is 2.65 bits per heavy atom. The van der Waals surface area contributed by atoms with Crippen molar-refractivity contribution in [2.45, 2.75) is 17.6 Å². The zero-order valence-corrected chi connectivity index (χ0v) is 10.5. The predicted molar refractivity (Wildman–Crippen MR) is 59.0 cm³/mol. The molecule has 0 saturated carbocycles. The topological polar surface area (TPSA) is 80.0 Å². The van der Waals surface area contributed by atoms with Crippen LogP contribution in [-0.2, 0) is 14.8 Å². The van der Waals surface area contributed by atoms with Crippen LogP contribution in [-0.4, -0.2) is 50.2 Å². The number of aryl methyl sites for hydroxylation is 1. The fourth-order valence-corrected chi connectivity index (χ4v) is 3.37. The highest BCUT2D eigenvalue weighted by molar-refractivity contribution is 7.89. The van der Waals surface area contributed by atoms with Gasteiger partial charge in [0.25, 0.3) is 10.0 Å². The van der Waals surface area contributed by atoms with Crippen LogP contribution in [0.15, 0.2) is 21.6 Å². The number of nitrogens with zero attached hydrogens (tertiary/aromatic N) is 1. The molecule has 0 radical (unpaired) electrons. The highest BCUT2D eigenvalue weighted by atomic mass is 32.2. The summed E-state index contributed by atoms with van der Waals surface area (Å²) in [6.07, 6.45) is 0. The van der Waals surface area contributed by atoms with Crippen LogP contribution in [0.3, 0.4) is 0 Å². The van der Waals surface area contributed by atoms with Gasteiger partial charge >= 0.3 is 0 Å². The number of hydrogen-bond donors (Lipinski definition) is 1. The smallest absolute Gasteiger partial charge is 0.276 e. The van der Waals surface area contributed by atoms with E-state index in [1.807, 2.05) is 0 Å². The van der Waals surface area contributed by atoms with Gasteiger partial charge in [0.1, 0.15) is 11.4 Å². The molecule has 1 fully saturated rings. The van der Waals surface area contributed by atoms with E-state index in [1.165, 1.54) is 17.5 Å². The Labute approximate surface area is 99.8 Å². The first-order chi connectivity index (χ1) is 7.87. The van der Waals surface area contributed by atoms with Gasteiger partial charge in [-0.2, -0.15) is 4.31 Å². The molecule has 0 atom stereocenters. The lowest BCUT2D eigenvalue weighted by Gasteiger charge is -2.44. The zero-order chi connectivity index (χ0) is 12.7. The van der Waals surface area contributed by atoms with E-state index >= 15 is 0 Å². The highest BCUT2D eigenvalue weighted by Crippen LogP contribution is 2.28. The summed E-state index contributed by atoms with van der Waals surface area (Å²) in [5.41, 5.74) is -1.08. The van der Waals surface area contributed by atoms with Crippen molar-refractivity contribution in [3.05, 3.63) is 17.9 Å². The van der Waals surface area contributed by atoms with Crippen molar-refractivity contribution >= 4 is 10.0 Å². The second-order valence-corrected chi connectivity index (χ2v) is 6.16. The SMILES string of the molecule is COCC1(O)CN(S(=O)(=O)c2ccc(C)o2)C1. The molecule has 2 heterocycles. The van der Waals surface area contributed by atoms with Crippen LogP contribution in [0.5, 0.6) is 0 Å². The van der Waals surface area contributed by atoms with Crippen molar-refractivity contribution in [3.8, 4) is 0 Å². The maximum absolute atomic E-state index is 12.0. The minimum Gasteiger partial charge on any atom is -0.449 e. The van der Waals surface area contributed by atoms with Crippen LogP contribution < -0.4 is 0 Å². The molecule has 0 amide bonds. The van der Waals surface area contributed by atoms with Gasteiger partial charge < -0.3 is 14.3 Å². The molecular formula is C10H15NO5S. The van der Waals surface area contributed by atoms with E-state index in [-0.39, 0.29) is 24.8 Å². The van der Waals surface area contributed by atoms with Crippen LogP contribution in [0.1, 0.15) is 5.76 Å². The number of sulfonamides is 1. The molecule has 1 aromatic rings. The zero-order valence-electron chi connectivity index (χ0n) is 9.71. The maximum atomic E-state index is 12.0. The lowest BCUT2D eigenvalue weighted by Crippen LogP contribution is -2.65. The van der Waals surface area contributed by atoms with Crippen molar-refractivity contribution in [1.82, 2.24) is 4.31 Å². The summed E-state index contributed by atoms with van der Waals surface area (Å²) < 4.78 is 35.1. The molecular weight excluding hydrogens is 246 g/mol. The summed E-state index contributed by atoms with van der Waals surface area (Å²) in [7, 11) is -2.16. The minimum atomic E-state index is -3.62. The lowest BCUT2D eigenvalue weighted by molar-refractivity contribution is -0.103. The van der Waals surface area contributed by atoms with Crippen LogP contribution >= 0.6 is 0 Å². The highest BCUT2D eigenvalue weighted by Gasteiger charge is 2.48. The predicted octanol–water partition coefficient (Wildman–Crippen LogP) is -0.0302. The van der Waals surface area contributed by atoms with Crippen molar-refractivity contribution in [2.24, 2.45) is 0 Å². The van der Waals surface area contributed by atoms with Crippen LogP contribution in [0.4, 0.5) is 0 Å². The fourth-order valence-electron chi connectivity index (χ4n) is 1.82. The molecule has 0 spiro atoms. The summed E-state index contributed by atoms with van der Waals surface area (Å²) in [5, 5.41) is 9.75. The standard InChI is InChI=1S/C10H15NO5S/c1-8-3-4-9(16-8)17(13,14)11-5-10(12,6-11)7-15-2/h3-4,12H,5-7H2,1-2H3. The summed E-state index contributed by atoms with van der Waals surface area (Å²) in [4.78, 5) is 0. The Balaban J connectivity index is 2.11. The molecule has 1 aromatic heterocycles. The van der Waals surface area contributed by atoms with Crippen molar-refractivity contribution in [3.63, 3.8) is 0 Å². The van der Waals surface area contributed by atoms with Gasteiger partial charge in [-0.25, -0.2) is 8.42 Å². The fraction of sp³-hybridized carbons (Fsp3) is 0.600. The summed E-state index contributed by atoms with van der Waals surface area (Å²) in [6.45, 7) is 1.86. The van der Waals surface area contributed by atoms with E-state index in [1.54, 1.807) is 13.0 Å². The van der Waals surface area contributed by atoms with E-state index in [0.717, 1.165) is 0 Å². The second-order valence-electron chi connectivity index (χ2n) is 4.30. The third-order valence-corrected chi connectivity index (χ3v) is 4.33. The molecule has 17 heavy (non-hydrogen) atoms. The maximum Gasteiger partial charge on any atom is 0.276 e. The van der Waals surface area contributed by atoms with Gasteiger partial charge in [0.05, 0.1) is 6.61 Å². The number of ether oxygens (including phenoxy) is 1. The molecule has 0 unspecified atom stereocenters. The summed E-state index contributed by atoms with van der Waals surface area (Å²) in [5.74, 6) is 0.538. The van der Waals surface area contributed by atoms with Crippen LogP contribution in [0, 0.1) is 6.92 Å². The number of β-amino-alcohol motifs (C(OH)–C–C–N with tert-alkyl or cyclic N) is 1. The molecule has 1 saturated heterocycles. The third kappa shape index (κ3) is 2.23. The van der Waals surface area contributed by atoms with Gasteiger partial charge in [-0.1, -0.05) is 0 Å². The van der Waals surface area contributed by atoms with Gasteiger partial charge in [0.15, 0.2) is 0 Å². The van der Waals surface area contributed by atoms with E-state index in [0.29, 0.717) is 5.76 Å². The normalized spacial score (nSPS) is 20.2. The van der Waals surface area contributed by atoms with Gasteiger partial charge in [0.2, 0.25) is 5.09 Å². The Kier molecular flexibility index (Phi) is 3.03. The van der Waals surface area contributed by atoms with E-state index in [4.69, 9.17) is 9.15 Å². The van der Waals surface area contributed by atoms with Crippen LogP contribution in [0.25, 0.3) is 0 Å². The molecule has 0 bridgehead atoms. The number of furan rings is 1. The minimum absolute atomic E-state index is 0.0307. The first-order valence-corrected chi connectivity index (χ1v) is 6.59. The monoisotopic (exact) mass is 261 g/mol. The molecule has 7 heteroatoms. The molecule has 1 N–H and O–H groups in total. The molecule has 96 valence electrons. The Morgan fingerprint density at radius 1 is 1.53 bits per heavy atom. The average Bonchev–Trinajstić information content (AvgIpc) is 2.62. The first kappa shape index (κ1) is 12.6. The average molecular weight is 261 g/mol. The molecule has 6 nitrogen and oxygen atoms in total. The summed E-state index contributed by atoms with van der Waals surface area (Å²) in [6, 6.07) is 3.01. The van der Waals surface area contributed by atoms with E-state index < -0.39 is 15.6 Å². The Bertz CT molecular complexity index is 501. The quantitative estimate of drug-likeness (QED) is 0.823. The Morgan fingerprint density at radius 2 is 2.18 bits per heavy atom. The summed E-state index contributed by atoms with van der Waals surface area (Å²) >= 11 is 0. The lowest BCUT2D eigenvalue weighted by atomic mass is 9.99. The number of aliphatic hydroxyl groups is 1. The number of hydrogen-bond acceptors (Lipinski definition) is 5. The molecule has 1 aliphatic rings. The number of rotatable bonds is 4. The molecule has 2 rings (SSSR count). The first-order valence-electron chi connectivity index (χ1n) is 5.15. The Hall–Kier alpha value is -0.890. The molecule has 1 aliphatic heterocycles. The van der Waals surface area contributed by atoms with Crippen molar-refractivity contribution in [2.75, 3.05) is 26.8 Å². The van der Waals surface area contributed by atoms with Gasteiger partial charge in [-0.05, 0) is 19.1 Å². The number of methoxy groups -OCH3 is 1. The largest absolute Gasteiger partial charge is 0.449 e. The van der Waals surface area contributed by atoms with Gasteiger partial charge in [-0.15, -0.1) is 0 Å². The van der Waals surface area contributed by atoms with E-state index in [9.17, 15) is 13.5 Å².